The molecule has 0 aliphatic heterocycles. The molecule has 3 heterocycles. The van der Waals surface area contributed by atoms with Gasteiger partial charge >= 0.3 is 0 Å². The Hall–Kier alpha value is -3.41. The lowest BCUT2D eigenvalue weighted by Gasteiger charge is -2.11. The number of hydrogen-bond donors (Lipinski definition) is 1. The Morgan fingerprint density at radius 1 is 1.04 bits per heavy atom. The van der Waals surface area contributed by atoms with Crippen LogP contribution in [0.2, 0.25) is 0 Å². The standard InChI is InChI=1S/C20H17FN4O/c1-12-5-10-16(25(12)2)15-4-3-11-23-19(15)17-18(24-26-20(17)22)13-6-8-14(21)9-7-13/h3-11H,22H2,1-2H3. The molecule has 0 saturated heterocycles. The zero-order valence-corrected chi connectivity index (χ0v) is 14.4. The van der Waals surface area contributed by atoms with Gasteiger partial charge in [-0.2, -0.15) is 0 Å². The second-order valence-electron chi connectivity index (χ2n) is 6.10. The first-order valence-electron chi connectivity index (χ1n) is 8.15. The van der Waals surface area contributed by atoms with E-state index in [1.165, 1.54) is 12.1 Å². The smallest absolute Gasteiger partial charge is 0.232 e. The van der Waals surface area contributed by atoms with Gasteiger partial charge in [0.1, 0.15) is 11.5 Å². The average molecular weight is 348 g/mol. The molecule has 0 amide bonds. The van der Waals surface area contributed by atoms with Crippen LogP contribution in [0.3, 0.4) is 0 Å². The molecule has 0 unspecified atom stereocenters. The first-order chi connectivity index (χ1) is 12.6. The predicted molar refractivity (Wildman–Crippen MR) is 98.7 cm³/mol. The fourth-order valence-electron chi connectivity index (χ4n) is 3.03. The molecule has 2 N–H and O–H groups in total. The van der Waals surface area contributed by atoms with Gasteiger partial charge in [0.05, 0.1) is 17.0 Å². The first kappa shape index (κ1) is 16.1. The van der Waals surface area contributed by atoms with Crippen LogP contribution in [0, 0.1) is 12.7 Å². The molecular formula is C20H17FN4O. The maximum Gasteiger partial charge on any atom is 0.232 e. The molecule has 0 bridgehead atoms. The number of nitrogens with zero attached hydrogens (tertiary/aromatic N) is 3. The van der Waals surface area contributed by atoms with E-state index in [1.807, 2.05) is 38.2 Å². The molecule has 6 heteroatoms. The normalized spacial score (nSPS) is 11.0. The molecular weight excluding hydrogens is 331 g/mol. The number of rotatable bonds is 3. The summed E-state index contributed by atoms with van der Waals surface area (Å²) in [6.07, 6.45) is 1.70. The highest BCUT2D eigenvalue weighted by molar-refractivity contribution is 5.91. The highest BCUT2D eigenvalue weighted by atomic mass is 19.1. The lowest BCUT2D eigenvalue weighted by atomic mass is 10.00. The third-order valence-corrected chi connectivity index (χ3v) is 4.53. The van der Waals surface area contributed by atoms with E-state index < -0.39 is 0 Å². The Morgan fingerprint density at radius 2 is 1.81 bits per heavy atom. The number of pyridine rings is 1. The highest BCUT2D eigenvalue weighted by Crippen LogP contribution is 2.40. The Balaban J connectivity index is 1.94. The van der Waals surface area contributed by atoms with E-state index in [1.54, 1.807) is 18.3 Å². The number of halogens is 1. The van der Waals surface area contributed by atoms with Crippen molar-refractivity contribution in [3.8, 4) is 33.8 Å². The third-order valence-electron chi connectivity index (χ3n) is 4.53. The van der Waals surface area contributed by atoms with Gasteiger partial charge < -0.3 is 14.8 Å². The van der Waals surface area contributed by atoms with Crippen molar-refractivity contribution in [2.75, 3.05) is 5.73 Å². The minimum atomic E-state index is -0.315. The van der Waals surface area contributed by atoms with Gasteiger partial charge in [-0.3, -0.25) is 4.98 Å². The van der Waals surface area contributed by atoms with Crippen LogP contribution in [0.1, 0.15) is 5.69 Å². The fourth-order valence-corrected chi connectivity index (χ4v) is 3.03. The molecule has 0 spiro atoms. The van der Waals surface area contributed by atoms with Crippen LogP contribution in [0.4, 0.5) is 10.3 Å². The predicted octanol–water partition coefficient (Wildman–Crippen LogP) is 4.44. The Bertz CT molecular complexity index is 1080. The van der Waals surface area contributed by atoms with Gasteiger partial charge in [0, 0.05) is 30.1 Å². The Labute approximate surface area is 149 Å². The van der Waals surface area contributed by atoms with Crippen molar-refractivity contribution >= 4 is 5.88 Å². The van der Waals surface area contributed by atoms with Crippen LogP contribution >= 0.6 is 0 Å². The largest absolute Gasteiger partial charge is 0.367 e. The van der Waals surface area contributed by atoms with Gasteiger partial charge in [-0.15, -0.1) is 0 Å². The molecule has 0 radical (unpaired) electrons. The summed E-state index contributed by atoms with van der Waals surface area (Å²) in [6, 6.07) is 14.0. The average Bonchev–Trinajstić information content (AvgIpc) is 3.19. The van der Waals surface area contributed by atoms with E-state index in [-0.39, 0.29) is 11.7 Å². The van der Waals surface area contributed by atoms with Gasteiger partial charge in [0.2, 0.25) is 5.88 Å². The second-order valence-corrected chi connectivity index (χ2v) is 6.10. The van der Waals surface area contributed by atoms with Gasteiger partial charge in [-0.25, -0.2) is 4.39 Å². The van der Waals surface area contributed by atoms with Crippen molar-refractivity contribution in [3.05, 3.63) is 66.2 Å². The third kappa shape index (κ3) is 2.56. The maximum atomic E-state index is 13.3. The summed E-state index contributed by atoms with van der Waals surface area (Å²) in [5.74, 6) is -0.139. The second kappa shape index (κ2) is 6.15. The van der Waals surface area contributed by atoms with E-state index in [2.05, 4.69) is 14.7 Å². The molecule has 0 aliphatic carbocycles. The Kier molecular flexibility index (Phi) is 3.80. The summed E-state index contributed by atoms with van der Waals surface area (Å²) in [5.41, 5.74) is 11.7. The molecule has 1 aromatic carbocycles. The molecule has 0 atom stereocenters. The molecule has 0 saturated carbocycles. The van der Waals surface area contributed by atoms with E-state index >= 15 is 0 Å². The van der Waals surface area contributed by atoms with Crippen molar-refractivity contribution in [2.24, 2.45) is 7.05 Å². The quantitative estimate of drug-likeness (QED) is 0.594. The van der Waals surface area contributed by atoms with Crippen molar-refractivity contribution in [1.82, 2.24) is 14.7 Å². The number of anilines is 1. The number of benzene rings is 1. The highest BCUT2D eigenvalue weighted by Gasteiger charge is 2.22. The minimum Gasteiger partial charge on any atom is -0.367 e. The molecule has 3 aromatic heterocycles. The number of nitrogens with two attached hydrogens (primary N) is 1. The maximum absolute atomic E-state index is 13.3. The topological polar surface area (TPSA) is 69.9 Å². The zero-order valence-electron chi connectivity index (χ0n) is 14.4. The van der Waals surface area contributed by atoms with Crippen LogP contribution in [-0.2, 0) is 7.05 Å². The molecule has 4 aromatic rings. The monoisotopic (exact) mass is 348 g/mol. The van der Waals surface area contributed by atoms with Crippen LogP contribution in [0.5, 0.6) is 0 Å². The lowest BCUT2D eigenvalue weighted by molar-refractivity contribution is 0.439. The summed E-state index contributed by atoms with van der Waals surface area (Å²) >= 11 is 0. The van der Waals surface area contributed by atoms with Crippen molar-refractivity contribution < 1.29 is 8.91 Å². The van der Waals surface area contributed by atoms with Crippen LogP contribution in [0.25, 0.3) is 33.8 Å². The minimum absolute atomic E-state index is 0.176. The molecule has 4 rings (SSSR count). The SMILES string of the molecule is Cc1ccc(-c2cccnc2-c2c(-c3ccc(F)cc3)noc2N)n1C. The summed E-state index contributed by atoms with van der Waals surface area (Å²) < 4.78 is 20.6. The van der Waals surface area contributed by atoms with Gasteiger partial charge in [-0.1, -0.05) is 5.16 Å². The van der Waals surface area contributed by atoms with Crippen molar-refractivity contribution in [3.63, 3.8) is 0 Å². The van der Waals surface area contributed by atoms with Gasteiger partial charge in [0.15, 0.2) is 0 Å². The zero-order chi connectivity index (χ0) is 18.3. The summed E-state index contributed by atoms with van der Waals surface area (Å²) in [4.78, 5) is 4.55. The van der Waals surface area contributed by atoms with Gasteiger partial charge in [-0.05, 0) is 55.5 Å². The molecule has 26 heavy (non-hydrogen) atoms. The van der Waals surface area contributed by atoms with Crippen LogP contribution in [0.15, 0.2) is 59.3 Å². The van der Waals surface area contributed by atoms with Crippen LogP contribution < -0.4 is 5.73 Å². The number of aromatic nitrogens is 3. The van der Waals surface area contributed by atoms with E-state index in [0.717, 1.165) is 17.0 Å². The number of aryl methyl sites for hydroxylation is 1. The molecule has 5 nitrogen and oxygen atoms in total. The summed E-state index contributed by atoms with van der Waals surface area (Å²) in [7, 11) is 2.00. The van der Waals surface area contributed by atoms with E-state index in [4.69, 9.17) is 10.3 Å². The number of hydrogen-bond acceptors (Lipinski definition) is 4. The lowest BCUT2D eigenvalue weighted by Crippen LogP contribution is -1.98. The fraction of sp³-hybridized carbons (Fsp3) is 0.100. The van der Waals surface area contributed by atoms with E-state index in [9.17, 15) is 4.39 Å². The van der Waals surface area contributed by atoms with Crippen molar-refractivity contribution in [2.45, 2.75) is 6.92 Å². The van der Waals surface area contributed by atoms with Crippen LogP contribution in [-0.4, -0.2) is 14.7 Å². The molecule has 0 fully saturated rings. The number of nitrogen functional groups attached to an aromatic ring is 1. The summed E-state index contributed by atoms with van der Waals surface area (Å²) in [6.45, 7) is 2.04. The van der Waals surface area contributed by atoms with Crippen molar-refractivity contribution in [1.29, 1.82) is 0 Å². The first-order valence-corrected chi connectivity index (χ1v) is 8.15. The van der Waals surface area contributed by atoms with Gasteiger partial charge in [0.25, 0.3) is 0 Å². The summed E-state index contributed by atoms with van der Waals surface area (Å²) in [5, 5.41) is 4.09. The molecule has 0 aliphatic rings. The Morgan fingerprint density at radius 3 is 2.50 bits per heavy atom. The van der Waals surface area contributed by atoms with E-state index in [0.29, 0.717) is 22.5 Å². The molecule has 130 valence electrons.